The maximum Gasteiger partial charge on any atom is 0.179 e. The zero-order chi connectivity index (χ0) is 43.5. The van der Waals surface area contributed by atoms with Gasteiger partial charge >= 0.3 is 0 Å². The van der Waals surface area contributed by atoms with Gasteiger partial charge in [0.25, 0.3) is 0 Å². The third kappa shape index (κ3) is 8.06. The van der Waals surface area contributed by atoms with E-state index in [-0.39, 0.29) is 35.7 Å². The minimum atomic E-state index is -0.906. The maximum atomic E-state index is 12.3. The van der Waals surface area contributed by atoms with Crippen molar-refractivity contribution in [3.05, 3.63) is 142 Å². The largest absolute Gasteiger partial charge is 0.507 e. The van der Waals surface area contributed by atoms with Gasteiger partial charge in [0, 0.05) is 33.4 Å². The molecule has 0 saturated heterocycles. The Morgan fingerprint density at radius 3 is 1.60 bits per heavy atom. The topological polar surface area (TPSA) is 47.9 Å². The van der Waals surface area contributed by atoms with Crippen LogP contribution in [0.2, 0.25) is 0 Å². The van der Waals surface area contributed by atoms with E-state index in [9.17, 15) is 5.11 Å². The Hall–Kier alpha value is -5.48. The molecule has 0 aliphatic carbocycles. The summed E-state index contributed by atoms with van der Waals surface area (Å²) in [6.45, 7) is 31.3. The number of para-hydroxylation sites is 2. The second-order valence-electron chi connectivity index (χ2n) is 19.8. The summed E-state index contributed by atoms with van der Waals surface area (Å²) in [6.07, 6.45) is 0. The third-order valence-electron chi connectivity index (χ3n) is 12.5. The fourth-order valence-electron chi connectivity index (χ4n) is 9.02. The third-order valence-corrected chi connectivity index (χ3v) is 12.5. The van der Waals surface area contributed by atoms with Gasteiger partial charge in [0.2, 0.25) is 0 Å². The summed E-state index contributed by atoms with van der Waals surface area (Å²) in [5, 5.41) is 12.3. The van der Waals surface area contributed by atoms with Crippen LogP contribution in [0.25, 0.3) is 44.5 Å². The van der Waals surface area contributed by atoms with Crippen LogP contribution in [-0.4, -0.2) is 23.9 Å². The zero-order valence-corrected chi connectivity index (χ0v) is 38.4. The second kappa shape index (κ2) is 15.8. The van der Waals surface area contributed by atoms with E-state index >= 15 is 0 Å². The summed E-state index contributed by atoms with van der Waals surface area (Å²) in [6, 6.07) is 34.2. The highest BCUT2D eigenvalue weighted by Crippen LogP contribution is 2.51. The lowest BCUT2D eigenvalue weighted by Crippen LogP contribution is -2.52. The number of aryl methyl sites for hydroxylation is 6. The second-order valence-corrected chi connectivity index (χ2v) is 19.8. The number of fused-ring (bicyclic) bond motifs is 3. The number of benzene rings is 6. The average molecular weight is 801 g/mol. The van der Waals surface area contributed by atoms with Gasteiger partial charge in [0.1, 0.15) is 36.2 Å². The minimum absolute atomic E-state index is 0.0187. The number of ether oxygens (including phenoxy) is 3. The number of phenols is 1. The Morgan fingerprint density at radius 1 is 0.583 bits per heavy atom. The number of phenolic OH excluding ortho intramolecular Hbond substituents is 1. The smallest absolute Gasteiger partial charge is 0.179 e. The van der Waals surface area contributed by atoms with Crippen molar-refractivity contribution < 1.29 is 19.3 Å². The molecule has 1 aliphatic heterocycles. The number of aromatic hydroxyl groups is 1. The zero-order valence-electron chi connectivity index (χ0n) is 38.4. The molecular formula is C56H64O4. The molecule has 1 N–H and O–H groups in total. The lowest BCUT2D eigenvalue weighted by atomic mass is 9.80. The van der Waals surface area contributed by atoms with Crippen LogP contribution < -0.4 is 14.2 Å². The summed E-state index contributed by atoms with van der Waals surface area (Å²) in [7, 11) is 0. The van der Waals surface area contributed by atoms with Gasteiger partial charge in [0.15, 0.2) is 5.60 Å². The lowest BCUT2D eigenvalue weighted by Gasteiger charge is -2.41. The SMILES string of the molecule is Cc1cc(C)c(-c2cc(C(C)(C)C)cc(-c3ccccc3OCC3(C(C)C)COc4ccccc4-c4cc(C(C)(C)C)cc(-c5c(C)cc(C)cc5C)c4O3)c2O)c(C)c1. The highest BCUT2D eigenvalue weighted by molar-refractivity contribution is 5.89. The molecule has 0 aromatic heterocycles. The molecule has 0 spiro atoms. The van der Waals surface area contributed by atoms with Gasteiger partial charge in [-0.25, -0.2) is 0 Å². The van der Waals surface area contributed by atoms with Crippen LogP contribution in [0.3, 0.4) is 0 Å². The first kappa shape index (κ1) is 42.6. The molecule has 7 rings (SSSR count). The molecule has 6 aromatic carbocycles. The van der Waals surface area contributed by atoms with E-state index in [1.165, 1.54) is 33.4 Å². The van der Waals surface area contributed by atoms with Gasteiger partial charge in [-0.05, 0) is 139 Å². The van der Waals surface area contributed by atoms with E-state index in [0.29, 0.717) is 5.75 Å². The highest BCUT2D eigenvalue weighted by atomic mass is 16.6. The van der Waals surface area contributed by atoms with Gasteiger partial charge in [-0.15, -0.1) is 0 Å². The molecule has 1 heterocycles. The number of rotatable bonds is 7. The van der Waals surface area contributed by atoms with E-state index in [0.717, 1.165) is 67.1 Å². The molecule has 4 nitrogen and oxygen atoms in total. The fraction of sp³-hybridized carbons (Fsp3) is 0.357. The van der Waals surface area contributed by atoms with Crippen molar-refractivity contribution in [3.63, 3.8) is 0 Å². The monoisotopic (exact) mass is 800 g/mol. The van der Waals surface area contributed by atoms with Crippen LogP contribution in [0.5, 0.6) is 23.0 Å². The molecule has 0 saturated carbocycles. The van der Waals surface area contributed by atoms with Gasteiger partial charge in [-0.2, -0.15) is 0 Å². The van der Waals surface area contributed by atoms with Gasteiger partial charge < -0.3 is 19.3 Å². The molecule has 0 bridgehead atoms. The molecule has 1 atom stereocenters. The molecule has 312 valence electrons. The number of hydrogen-bond acceptors (Lipinski definition) is 4. The molecule has 0 radical (unpaired) electrons. The summed E-state index contributed by atoms with van der Waals surface area (Å²) in [5.41, 5.74) is 16.0. The summed E-state index contributed by atoms with van der Waals surface area (Å²) in [5.74, 6) is 2.55. The first-order valence-electron chi connectivity index (χ1n) is 21.5. The minimum Gasteiger partial charge on any atom is -0.507 e. The average Bonchev–Trinajstić information content (AvgIpc) is 3.14. The van der Waals surface area contributed by atoms with Crippen LogP contribution in [-0.2, 0) is 10.8 Å². The van der Waals surface area contributed by atoms with E-state index in [1.807, 2.05) is 30.3 Å². The Kier molecular flexibility index (Phi) is 11.3. The van der Waals surface area contributed by atoms with Crippen molar-refractivity contribution in [2.24, 2.45) is 5.92 Å². The van der Waals surface area contributed by atoms with E-state index in [4.69, 9.17) is 14.2 Å². The first-order valence-corrected chi connectivity index (χ1v) is 21.5. The van der Waals surface area contributed by atoms with Crippen LogP contribution in [0.4, 0.5) is 0 Å². The lowest BCUT2D eigenvalue weighted by molar-refractivity contribution is -0.0521. The molecule has 0 fully saturated rings. The Balaban J connectivity index is 1.40. The predicted octanol–water partition coefficient (Wildman–Crippen LogP) is 14.8. The molecule has 4 heteroatoms. The predicted molar refractivity (Wildman–Crippen MR) is 251 cm³/mol. The van der Waals surface area contributed by atoms with Crippen LogP contribution in [0.1, 0.15) is 99.9 Å². The molecule has 6 aromatic rings. The van der Waals surface area contributed by atoms with Crippen molar-refractivity contribution >= 4 is 0 Å². The number of hydrogen-bond donors (Lipinski definition) is 1. The van der Waals surface area contributed by atoms with E-state index in [2.05, 4.69) is 164 Å². The normalized spacial score (nSPS) is 15.4. The fourth-order valence-corrected chi connectivity index (χ4v) is 9.02. The van der Waals surface area contributed by atoms with Crippen molar-refractivity contribution in [1.29, 1.82) is 0 Å². The summed E-state index contributed by atoms with van der Waals surface area (Å²) >= 11 is 0. The first-order chi connectivity index (χ1) is 28.2. The standard InChI is InChI=1S/C56H64O4/c1-33(2)56(31-58-48-21-17-15-19-42(48)44-27-40(54(9,10)11)29-46(52(44)57)50-36(5)23-34(3)24-37(50)6)32-59-49-22-18-16-20-43(49)45-28-41(55(12,13)14)30-47(53(45)60-56)51-38(7)25-35(4)26-39(51)8/h15-30,33,57H,31-32H2,1-14H3. The van der Waals surface area contributed by atoms with Crippen LogP contribution in [0.15, 0.2) is 97.1 Å². The Bertz CT molecular complexity index is 2550. The van der Waals surface area contributed by atoms with Crippen LogP contribution >= 0.6 is 0 Å². The Labute approximate surface area is 359 Å². The molecule has 1 unspecified atom stereocenters. The van der Waals surface area contributed by atoms with E-state index in [1.54, 1.807) is 0 Å². The van der Waals surface area contributed by atoms with Crippen molar-refractivity contribution in [2.75, 3.05) is 13.2 Å². The van der Waals surface area contributed by atoms with Gasteiger partial charge in [0.05, 0.1) is 0 Å². The van der Waals surface area contributed by atoms with Crippen molar-refractivity contribution in [3.8, 4) is 67.5 Å². The van der Waals surface area contributed by atoms with E-state index < -0.39 is 5.60 Å². The highest BCUT2D eigenvalue weighted by Gasteiger charge is 2.42. The Morgan fingerprint density at radius 2 is 1.05 bits per heavy atom. The molecule has 60 heavy (non-hydrogen) atoms. The summed E-state index contributed by atoms with van der Waals surface area (Å²) < 4.78 is 21.5. The van der Waals surface area contributed by atoms with Gasteiger partial charge in [-0.1, -0.05) is 127 Å². The van der Waals surface area contributed by atoms with Crippen LogP contribution in [0, 0.1) is 47.5 Å². The molecule has 1 aliphatic rings. The van der Waals surface area contributed by atoms with Gasteiger partial charge in [-0.3, -0.25) is 0 Å². The quantitative estimate of drug-likeness (QED) is 0.175. The molecular weight excluding hydrogens is 737 g/mol. The maximum absolute atomic E-state index is 12.3. The summed E-state index contributed by atoms with van der Waals surface area (Å²) in [4.78, 5) is 0. The van der Waals surface area contributed by atoms with Crippen molar-refractivity contribution in [1.82, 2.24) is 0 Å². The van der Waals surface area contributed by atoms with Crippen molar-refractivity contribution in [2.45, 2.75) is 113 Å². The molecule has 0 amide bonds.